The Morgan fingerprint density at radius 1 is 1.48 bits per heavy atom. The number of benzene rings is 1. The summed E-state index contributed by atoms with van der Waals surface area (Å²) in [6, 6.07) is 6.66. The molecule has 0 aromatic heterocycles. The largest absolute Gasteiger partial charge is 0.495 e. The van der Waals surface area contributed by atoms with Crippen LogP contribution in [0.3, 0.4) is 0 Å². The summed E-state index contributed by atoms with van der Waals surface area (Å²) in [6.45, 7) is 3.87. The van der Waals surface area contributed by atoms with Gasteiger partial charge < -0.3 is 20.1 Å². The minimum Gasteiger partial charge on any atom is -0.495 e. The number of para-hydroxylation sites is 2. The van der Waals surface area contributed by atoms with Crippen LogP contribution in [-0.2, 0) is 9.59 Å². The van der Waals surface area contributed by atoms with Crippen LogP contribution in [0, 0.1) is 0 Å². The monoisotopic (exact) mass is 320 g/mol. The van der Waals surface area contributed by atoms with Crippen molar-refractivity contribution in [2.24, 2.45) is 0 Å². The molecule has 1 aromatic carbocycles. The highest BCUT2D eigenvalue weighted by Gasteiger charge is 2.38. The van der Waals surface area contributed by atoms with Crippen LogP contribution in [0.4, 0.5) is 5.69 Å². The van der Waals surface area contributed by atoms with E-state index in [0.717, 1.165) is 0 Å². The number of carbonyl (C=O) groups excluding carboxylic acids is 2. The first kappa shape index (κ1) is 17.3. The molecule has 23 heavy (non-hydrogen) atoms. The fraction of sp³-hybridized carbons (Fsp3) is 0.529. The second kappa shape index (κ2) is 7.00. The van der Waals surface area contributed by atoms with E-state index in [1.165, 1.54) is 6.92 Å². The van der Waals surface area contributed by atoms with Gasteiger partial charge in [0.25, 0.3) is 5.91 Å². The molecule has 1 saturated heterocycles. The molecule has 2 rings (SSSR count). The third-order valence-corrected chi connectivity index (χ3v) is 4.11. The molecule has 1 aliphatic rings. The summed E-state index contributed by atoms with van der Waals surface area (Å²) in [4.78, 5) is 26.3. The molecular formula is C17H24N2O4. The maximum atomic E-state index is 12.6. The first-order chi connectivity index (χ1) is 10.9. The molecule has 2 atom stereocenters. The molecule has 6 nitrogen and oxygen atoms in total. The van der Waals surface area contributed by atoms with Crippen molar-refractivity contribution in [1.82, 2.24) is 5.32 Å². The van der Waals surface area contributed by atoms with Gasteiger partial charge in [-0.05, 0) is 31.9 Å². The Kier molecular flexibility index (Phi) is 5.26. The van der Waals surface area contributed by atoms with Crippen molar-refractivity contribution in [3.8, 4) is 5.75 Å². The molecule has 1 fully saturated rings. The van der Waals surface area contributed by atoms with E-state index in [2.05, 4.69) is 5.32 Å². The first-order valence-electron chi connectivity index (χ1n) is 7.88. The summed E-state index contributed by atoms with van der Waals surface area (Å²) >= 11 is 0. The lowest BCUT2D eigenvalue weighted by Gasteiger charge is -2.24. The maximum absolute atomic E-state index is 12.6. The zero-order valence-electron chi connectivity index (χ0n) is 13.8. The molecule has 2 unspecified atom stereocenters. The Morgan fingerprint density at radius 3 is 2.83 bits per heavy atom. The van der Waals surface area contributed by atoms with Crippen LogP contribution in [0.15, 0.2) is 24.3 Å². The van der Waals surface area contributed by atoms with Crippen molar-refractivity contribution in [1.29, 1.82) is 0 Å². The van der Waals surface area contributed by atoms with Crippen LogP contribution >= 0.6 is 0 Å². The normalized spacial score (nSPS) is 20.3. The fourth-order valence-corrected chi connectivity index (χ4v) is 2.82. The van der Waals surface area contributed by atoms with E-state index in [4.69, 9.17) is 4.74 Å². The number of aliphatic hydroxyl groups is 1. The van der Waals surface area contributed by atoms with Gasteiger partial charge in [0.1, 0.15) is 17.4 Å². The van der Waals surface area contributed by atoms with Crippen molar-refractivity contribution in [3.05, 3.63) is 24.3 Å². The molecule has 6 heteroatoms. The highest BCUT2D eigenvalue weighted by molar-refractivity contribution is 6.02. The standard InChI is InChI=1S/C17H24N2O4/c1-4-10-17(2,22)16(21)18-12-9-11-19(15(12)20)13-7-5-6-8-14(13)23-3/h5-8,12,22H,4,9-11H2,1-3H3,(H,18,21). The van der Waals surface area contributed by atoms with Crippen LogP contribution in [0.1, 0.15) is 33.1 Å². The Labute approximate surface area is 136 Å². The molecule has 126 valence electrons. The predicted octanol–water partition coefficient (Wildman–Crippen LogP) is 1.47. The highest BCUT2D eigenvalue weighted by Crippen LogP contribution is 2.31. The maximum Gasteiger partial charge on any atom is 0.252 e. The number of hydrogen-bond acceptors (Lipinski definition) is 4. The number of rotatable bonds is 6. The molecule has 2 amide bonds. The third-order valence-electron chi connectivity index (χ3n) is 4.11. The summed E-state index contributed by atoms with van der Waals surface area (Å²) in [6.07, 6.45) is 1.55. The van der Waals surface area contributed by atoms with Crippen LogP contribution < -0.4 is 15.0 Å². The fourth-order valence-electron chi connectivity index (χ4n) is 2.82. The average Bonchev–Trinajstić information content (AvgIpc) is 2.88. The Bertz CT molecular complexity index is 586. The zero-order valence-corrected chi connectivity index (χ0v) is 13.8. The molecule has 1 aromatic rings. The number of ether oxygens (including phenoxy) is 1. The third kappa shape index (κ3) is 3.64. The number of methoxy groups -OCH3 is 1. The molecule has 0 radical (unpaired) electrons. The Hall–Kier alpha value is -2.08. The second-order valence-corrected chi connectivity index (χ2v) is 6.00. The van der Waals surface area contributed by atoms with E-state index in [-0.39, 0.29) is 5.91 Å². The SMILES string of the molecule is CCCC(C)(O)C(=O)NC1CCN(c2ccccc2OC)C1=O. The van der Waals surface area contributed by atoms with Crippen molar-refractivity contribution >= 4 is 17.5 Å². The first-order valence-corrected chi connectivity index (χ1v) is 7.88. The Balaban J connectivity index is 2.09. The minimum absolute atomic E-state index is 0.185. The topological polar surface area (TPSA) is 78.9 Å². The van der Waals surface area contributed by atoms with Gasteiger partial charge in [-0.25, -0.2) is 0 Å². The van der Waals surface area contributed by atoms with Gasteiger partial charge >= 0.3 is 0 Å². The molecule has 1 aliphatic heterocycles. The number of anilines is 1. The number of carbonyl (C=O) groups is 2. The lowest BCUT2D eigenvalue weighted by Crippen LogP contribution is -2.50. The van der Waals surface area contributed by atoms with E-state index >= 15 is 0 Å². The molecule has 2 N–H and O–H groups in total. The van der Waals surface area contributed by atoms with Gasteiger partial charge in [0.2, 0.25) is 5.91 Å². The minimum atomic E-state index is -1.45. The molecular weight excluding hydrogens is 296 g/mol. The summed E-state index contributed by atoms with van der Waals surface area (Å²) in [7, 11) is 1.56. The van der Waals surface area contributed by atoms with Crippen LogP contribution in [0.2, 0.25) is 0 Å². The lowest BCUT2D eigenvalue weighted by atomic mass is 9.99. The van der Waals surface area contributed by atoms with E-state index in [1.807, 2.05) is 25.1 Å². The van der Waals surface area contributed by atoms with Gasteiger partial charge in [-0.1, -0.05) is 25.5 Å². The van der Waals surface area contributed by atoms with E-state index < -0.39 is 17.6 Å². The van der Waals surface area contributed by atoms with E-state index in [1.54, 1.807) is 18.1 Å². The van der Waals surface area contributed by atoms with Crippen molar-refractivity contribution in [3.63, 3.8) is 0 Å². The van der Waals surface area contributed by atoms with Crippen LogP contribution in [0.25, 0.3) is 0 Å². The molecule has 0 bridgehead atoms. The predicted molar refractivity (Wildman–Crippen MR) is 87.4 cm³/mol. The second-order valence-electron chi connectivity index (χ2n) is 6.00. The van der Waals surface area contributed by atoms with E-state index in [9.17, 15) is 14.7 Å². The van der Waals surface area contributed by atoms with Crippen molar-refractivity contribution in [2.45, 2.75) is 44.8 Å². The zero-order chi connectivity index (χ0) is 17.0. The van der Waals surface area contributed by atoms with Crippen LogP contribution in [0.5, 0.6) is 5.75 Å². The van der Waals surface area contributed by atoms with Gasteiger partial charge in [0, 0.05) is 6.54 Å². The number of hydrogen-bond donors (Lipinski definition) is 2. The smallest absolute Gasteiger partial charge is 0.252 e. The summed E-state index contributed by atoms with van der Waals surface area (Å²) in [5.41, 5.74) is -0.760. The number of nitrogens with one attached hydrogen (secondary N) is 1. The molecule has 0 saturated carbocycles. The van der Waals surface area contributed by atoms with Gasteiger partial charge in [0.05, 0.1) is 12.8 Å². The number of amides is 2. The van der Waals surface area contributed by atoms with Gasteiger partial charge in [-0.2, -0.15) is 0 Å². The molecule has 0 aliphatic carbocycles. The van der Waals surface area contributed by atoms with Crippen LogP contribution in [-0.4, -0.2) is 42.2 Å². The molecule has 0 spiro atoms. The van der Waals surface area contributed by atoms with Gasteiger partial charge in [-0.15, -0.1) is 0 Å². The van der Waals surface area contributed by atoms with Gasteiger partial charge in [0.15, 0.2) is 0 Å². The van der Waals surface area contributed by atoms with E-state index in [0.29, 0.717) is 37.2 Å². The van der Waals surface area contributed by atoms with Gasteiger partial charge in [-0.3, -0.25) is 9.59 Å². The van der Waals surface area contributed by atoms with Crippen molar-refractivity contribution in [2.75, 3.05) is 18.6 Å². The Morgan fingerprint density at radius 2 is 2.17 bits per heavy atom. The summed E-state index contributed by atoms with van der Waals surface area (Å²) in [5, 5.41) is 12.8. The lowest BCUT2D eigenvalue weighted by molar-refractivity contribution is -0.140. The average molecular weight is 320 g/mol. The summed E-state index contributed by atoms with van der Waals surface area (Å²) in [5.74, 6) is -0.0690. The summed E-state index contributed by atoms with van der Waals surface area (Å²) < 4.78 is 5.29. The quantitative estimate of drug-likeness (QED) is 0.832. The number of nitrogens with zero attached hydrogens (tertiary/aromatic N) is 1. The molecule has 1 heterocycles. The van der Waals surface area contributed by atoms with Crippen molar-refractivity contribution < 1.29 is 19.4 Å². The highest BCUT2D eigenvalue weighted by atomic mass is 16.5.